The van der Waals surface area contributed by atoms with Crippen molar-refractivity contribution in [1.29, 1.82) is 0 Å². The summed E-state index contributed by atoms with van der Waals surface area (Å²) in [6.45, 7) is 2.39. The van der Waals surface area contributed by atoms with Crippen LogP contribution in [0.1, 0.15) is 30.4 Å². The second kappa shape index (κ2) is 7.37. The van der Waals surface area contributed by atoms with Crippen molar-refractivity contribution in [3.05, 3.63) is 54.2 Å². The smallest absolute Gasteiger partial charge is 0.249 e. The Morgan fingerprint density at radius 1 is 1.28 bits per heavy atom. The van der Waals surface area contributed by atoms with Crippen LogP contribution in [-0.2, 0) is 22.6 Å². The molecule has 1 N–H and O–H groups in total. The van der Waals surface area contributed by atoms with E-state index in [0.717, 1.165) is 37.9 Å². The minimum absolute atomic E-state index is 0.0180. The maximum Gasteiger partial charge on any atom is 0.249 e. The maximum atomic E-state index is 12.4. The second-order valence-electron chi connectivity index (χ2n) is 6.78. The first kappa shape index (κ1) is 16.3. The van der Waals surface area contributed by atoms with E-state index in [0.29, 0.717) is 12.6 Å². The Labute approximate surface area is 147 Å². The molecule has 0 aliphatic carbocycles. The molecule has 25 heavy (non-hydrogen) atoms. The molecule has 0 bridgehead atoms. The molecule has 4 rings (SSSR count). The molecule has 3 atom stereocenters. The standard InChI is InChI=1S/C19H23N3O3/c23-19(21-11-14-2-1-7-20-10-14)18-4-3-16-17(25-18)5-8-22(16)12-15-6-9-24-13-15/h1-2,6-7,9-10,13,16-18H,3-5,8,11-12H2,(H,21,23)/t16-,17-,18-/m1/s1. The molecule has 2 saturated heterocycles. The lowest BCUT2D eigenvalue weighted by Gasteiger charge is -2.35. The van der Waals surface area contributed by atoms with E-state index in [1.807, 2.05) is 18.2 Å². The molecule has 4 heterocycles. The Morgan fingerprint density at radius 3 is 3.04 bits per heavy atom. The van der Waals surface area contributed by atoms with E-state index in [1.54, 1.807) is 24.9 Å². The van der Waals surface area contributed by atoms with Gasteiger partial charge in [0.1, 0.15) is 6.10 Å². The van der Waals surface area contributed by atoms with Crippen molar-refractivity contribution in [2.75, 3.05) is 6.54 Å². The van der Waals surface area contributed by atoms with Crippen molar-refractivity contribution in [3.8, 4) is 0 Å². The highest BCUT2D eigenvalue weighted by molar-refractivity contribution is 5.80. The summed E-state index contributed by atoms with van der Waals surface area (Å²) in [4.78, 5) is 18.9. The van der Waals surface area contributed by atoms with Gasteiger partial charge in [-0.3, -0.25) is 14.7 Å². The lowest BCUT2D eigenvalue weighted by Crippen LogP contribution is -2.47. The molecule has 2 aromatic heterocycles. The largest absolute Gasteiger partial charge is 0.472 e. The molecule has 2 aromatic rings. The van der Waals surface area contributed by atoms with Crippen LogP contribution < -0.4 is 5.32 Å². The third-order valence-electron chi connectivity index (χ3n) is 5.11. The topological polar surface area (TPSA) is 67.6 Å². The Bertz CT molecular complexity index is 689. The second-order valence-corrected chi connectivity index (χ2v) is 6.78. The van der Waals surface area contributed by atoms with Crippen molar-refractivity contribution in [3.63, 3.8) is 0 Å². The highest BCUT2D eigenvalue weighted by atomic mass is 16.5. The summed E-state index contributed by atoms with van der Waals surface area (Å²) < 4.78 is 11.3. The van der Waals surface area contributed by atoms with Crippen molar-refractivity contribution in [2.45, 2.75) is 50.6 Å². The van der Waals surface area contributed by atoms with Crippen molar-refractivity contribution in [2.24, 2.45) is 0 Å². The summed E-state index contributed by atoms with van der Waals surface area (Å²) in [7, 11) is 0. The Hall–Kier alpha value is -2.18. The highest BCUT2D eigenvalue weighted by Crippen LogP contribution is 2.32. The van der Waals surface area contributed by atoms with E-state index in [2.05, 4.69) is 15.2 Å². The average molecular weight is 341 g/mol. The van der Waals surface area contributed by atoms with Gasteiger partial charge in [0.05, 0.1) is 18.6 Å². The summed E-state index contributed by atoms with van der Waals surface area (Å²) in [6.07, 6.45) is 9.55. The number of carbonyl (C=O) groups is 1. The Kier molecular flexibility index (Phi) is 4.81. The van der Waals surface area contributed by atoms with Gasteiger partial charge in [0.25, 0.3) is 0 Å². The molecule has 1 amide bonds. The number of hydrogen-bond donors (Lipinski definition) is 1. The van der Waals surface area contributed by atoms with Crippen molar-refractivity contribution in [1.82, 2.24) is 15.2 Å². The third-order valence-corrected chi connectivity index (χ3v) is 5.11. The molecule has 0 radical (unpaired) electrons. The molecule has 0 saturated carbocycles. The molecule has 2 aliphatic heterocycles. The van der Waals surface area contributed by atoms with E-state index in [1.165, 1.54) is 5.56 Å². The lowest BCUT2D eigenvalue weighted by atomic mass is 9.98. The van der Waals surface area contributed by atoms with Crippen LogP contribution in [0.4, 0.5) is 0 Å². The van der Waals surface area contributed by atoms with Crippen molar-refractivity contribution < 1.29 is 13.9 Å². The zero-order valence-corrected chi connectivity index (χ0v) is 14.1. The van der Waals surface area contributed by atoms with E-state index in [-0.39, 0.29) is 18.1 Å². The number of carbonyl (C=O) groups excluding carboxylic acids is 1. The van der Waals surface area contributed by atoms with Gasteiger partial charge in [0, 0.05) is 43.6 Å². The Balaban J connectivity index is 1.29. The van der Waals surface area contributed by atoms with Gasteiger partial charge in [-0.05, 0) is 37.0 Å². The molecule has 132 valence electrons. The lowest BCUT2D eigenvalue weighted by molar-refractivity contribution is -0.144. The number of pyridine rings is 1. The molecule has 0 aromatic carbocycles. The van der Waals surface area contributed by atoms with Crippen molar-refractivity contribution >= 4 is 5.91 Å². The number of furan rings is 1. The van der Waals surface area contributed by atoms with Gasteiger partial charge < -0.3 is 14.5 Å². The summed E-state index contributed by atoms with van der Waals surface area (Å²) in [5.74, 6) is -0.0180. The van der Waals surface area contributed by atoms with Crippen LogP contribution in [0, 0.1) is 0 Å². The number of ether oxygens (including phenoxy) is 1. The van der Waals surface area contributed by atoms with Crippen LogP contribution in [0.2, 0.25) is 0 Å². The minimum atomic E-state index is -0.341. The number of rotatable bonds is 5. The molecular weight excluding hydrogens is 318 g/mol. The summed E-state index contributed by atoms with van der Waals surface area (Å²) in [6, 6.07) is 6.23. The van der Waals surface area contributed by atoms with Gasteiger partial charge >= 0.3 is 0 Å². The first-order valence-electron chi connectivity index (χ1n) is 8.87. The van der Waals surface area contributed by atoms with Gasteiger partial charge in [-0.1, -0.05) is 6.07 Å². The van der Waals surface area contributed by atoms with Crippen LogP contribution in [0.15, 0.2) is 47.5 Å². The Morgan fingerprint density at radius 2 is 2.24 bits per heavy atom. The maximum absolute atomic E-state index is 12.4. The molecule has 2 aliphatic rings. The zero-order chi connectivity index (χ0) is 17.1. The number of nitrogens with one attached hydrogen (secondary N) is 1. The third kappa shape index (κ3) is 3.75. The summed E-state index contributed by atoms with van der Waals surface area (Å²) in [5.41, 5.74) is 2.19. The fourth-order valence-corrected chi connectivity index (χ4v) is 3.83. The van der Waals surface area contributed by atoms with Crippen LogP contribution in [0.5, 0.6) is 0 Å². The van der Waals surface area contributed by atoms with Crippen LogP contribution in [-0.4, -0.2) is 40.6 Å². The first-order valence-corrected chi connectivity index (χ1v) is 8.87. The highest BCUT2D eigenvalue weighted by Gasteiger charge is 2.41. The molecule has 2 fully saturated rings. The quantitative estimate of drug-likeness (QED) is 0.902. The molecular formula is C19H23N3O3. The molecule has 0 spiro atoms. The van der Waals surface area contributed by atoms with Gasteiger partial charge in [0.15, 0.2) is 0 Å². The van der Waals surface area contributed by atoms with Crippen LogP contribution >= 0.6 is 0 Å². The normalized spacial score (nSPS) is 26.3. The van der Waals surface area contributed by atoms with E-state index >= 15 is 0 Å². The van der Waals surface area contributed by atoms with E-state index < -0.39 is 0 Å². The predicted molar refractivity (Wildman–Crippen MR) is 91.5 cm³/mol. The minimum Gasteiger partial charge on any atom is -0.472 e. The summed E-state index contributed by atoms with van der Waals surface area (Å²) >= 11 is 0. The number of fused-ring (bicyclic) bond motifs is 1. The predicted octanol–water partition coefficient (Wildman–Crippen LogP) is 2.11. The van der Waals surface area contributed by atoms with Gasteiger partial charge in [-0.15, -0.1) is 0 Å². The molecule has 6 heteroatoms. The fraction of sp³-hybridized carbons (Fsp3) is 0.474. The van der Waals surface area contributed by atoms with Crippen LogP contribution in [0.25, 0.3) is 0 Å². The number of hydrogen-bond acceptors (Lipinski definition) is 5. The number of likely N-dealkylation sites (tertiary alicyclic amines) is 1. The average Bonchev–Trinajstić information content (AvgIpc) is 3.31. The zero-order valence-electron chi connectivity index (χ0n) is 14.1. The van der Waals surface area contributed by atoms with E-state index in [9.17, 15) is 4.79 Å². The van der Waals surface area contributed by atoms with Gasteiger partial charge in [-0.2, -0.15) is 0 Å². The monoisotopic (exact) mass is 341 g/mol. The first-order chi connectivity index (χ1) is 12.3. The number of amides is 1. The number of aromatic nitrogens is 1. The molecule has 0 unspecified atom stereocenters. The van der Waals surface area contributed by atoms with E-state index in [4.69, 9.17) is 9.15 Å². The van der Waals surface area contributed by atoms with Gasteiger partial charge in [0.2, 0.25) is 5.91 Å². The van der Waals surface area contributed by atoms with Crippen LogP contribution in [0.3, 0.4) is 0 Å². The number of nitrogens with zero attached hydrogens (tertiary/aromatic N) is 2. The summed E-state index contributed by atoms with van der Waals surface area (Å²) in [5, 5.41) is 2.97. The molecule has 6 nitrogen and oxygen atoms in total. The van der Waals surface area contributed by atoms with Gasteiger partial charge in [-0.25, -0.2) is 0 Å². The fourth-order valence-electron chi connectivity index (χ4n) is 3.83. The SMILES string of the molecule is O=C(NCc1cccnc1)[C@H]1CC[C@@H]2[C@@H](CCN2Cc2ccoc2)O1.